The van der Waals surface area contributed by atoms with E-state index in [0.29, 0.717) is 24.7 Å². The van der Waals surface area contributed by atoms with Crippen LogP contribution in [-0.2, 0) is 9.59 Å². The fraction of sp³-hybridized carbons (Fsp3) is 0.920. The van der Waals surface area contributed by atoms with Crippen LogP contribution in [0.1, 0.15) is 85.5 Å². The van der Waals surface area contributed by atoms with Crippen molar-refractivity contribution < 1.29 is 24.9 Å². The highest BCUT2D eigenvalue weighted by Gasteiger charge is 2.70. The molecular weight excluding hydrogens is 380 g/mol. The van der Waals surface area contributed by atoms with Crippen LogP contribution in [0.2, 0.25) is 0 Å². The summed E-state index contributed by atoms with van der Waals surface area (Å²) < 4.78 is 0. The van der Waals surface area contributed by atoms with Crippen molar-refractivity contribution in [1.82, 2.24) is 0 Å². The van der Waals surface area contributed by atoms with E-state index in [1.807, 2.05) is 0 Å². The Morgan fingerprint density at radius 3 is 2.40 bits per heavy atom. The number of hydrogen-bond donors (Lipinski definition) is 3. The standard InChI is InChI=1S/C25H40O5/c1-14(5-8-19(27)28)16-6-7-17-20-22(30)21(29)18-13-15(26)9-10-24(18,3)25(20,4)12-11-23(16,17)2/h14-18,20-21,26,29H,5-13H2,1-4H3,(H,27,28)/t14-,15-,16-,17+,18+,20-,21-,23-,24+,25+/m1/s1. The van der Waals surface area contributed by atoms with Crippen molar-refractivity contribution in [3.63, 3.8) is 0 Å². The van der Waals surface area contributed by atoms with Crippen molar-refractivity contribution in [2.75, 3.05) is 0 Å². The predicted molar refractivity (Wildman–Crippen MR) is 114 cm³/mol. The van der Waals surface area contributed by atoms with Gasteiger partial charge in [-0.15, -0.1) is 0 Å². The quantitative estimate of drug-likeness (QED) is 0.638. The van der Waals surface area contributed by atoms with E-state index in [9.17, 15) is 19.8 Å². The van der Waals surface area contributed by atoms with Crippen LogP contribution in [-0.4, -0.2) is 39.3 Å². The number of carboxylic acids is 1. The highest BCUT2D eigenvalue weighted by atomic mass is 16.4. The number of aliphatic hydroxyl groups is 2. The summed E-state index contributed by atoms with van der Waals surface area (Å²) in [6.07, 6.45) is 5.79. The first-order valence-electron chi connectivity index (χ1n) is 12.1. The molecular formula is C25H40O5. The van der Waals surface area contributed by atoms with E-state index in [0.717, 1.165) is 38.5 Å². The topological polar surface area (TPSA) is 94.8 Å². The van der Waals surface area contributed by atoms with Gasteiger partial charge in [0.25, 0.3) is 0 Å². The minimum absolute atomic E-state index is 0.0174. The number of aliphatic hydroxyl groups excluding tert-OH is 2. The van der Waals surface area contributed by atoms with Gasteiger partial charge in [0.1, 0.15) is 6.10 Å². The number of carbonyl (C=O) groups excluding carboxylic acids is 1. The maximum Gasteiger partial charge on any atom is 0.303 e. The molecule has 10 atom stereocenters. The maximum absolute atomic E-state index is 13.6. The first-order chi connectivity index (χ1) is 14.0. The summed E-state index contributed by atoms with van der Waals surface area (Å²) in [6, 6.07) is 0. The van der Waals surface area contributed by atoms with E-state index in [4.69, 9.17) is 5.11 Å². The second-order valence-electron chi connectivity index (χ2n) is 11.9. The molecule has 0 amide bonds. The lowest BCUT2D eigenvalue weighted by atomic mass is 9.37. The summed E-state index contributed by atoms with van der Waals surface area (Å²) in [6.45, 7) is 9.10. The molecule has 0 radical (unpaired) electrons. The average Bonchev–Trinajstić information content (AvgIpc) is 3.03. The van der Waals surface area contributed by atoms with Gasteiger partial charge in [0.15, 0.2) is 5.78 Å². The van der Waals surface area contributed by atoms with E-state index in [1.54, 1.807) is 0 Å². The first kappa shape index (κ1) is 22.3. The van der Waals surface area contributed by atoms with E-state index in [2.05, 4.69) is 27.7 Å². The zero-order valence-corrected chi connectivity index (χ0v) is 19.1. The summed E-state index contributed by atoms with van der Waals surface area (Å²) in [5.41, 5.74) is -0.231. The molecule has 5 nitrogen and oxygen atoms in total. The van der Waals surface area contributed by atoms with Crippen LogP contribution < -0.4 is 0 Å². The monoisotopic (exact) mass is 420 g/mol. The van der Waals surface area contributed by atoms with Crippen molar-refractivity contribution in [3.05, 3.63) is 0 Å². The Morgan fingerprint density at radius 1 is 1.03 bits per heavy atom. The van der Waals surface area contributed by atoms with Crippen molar-refractivity contribution in [2.45, 2.75) is 97.7 Å². The van der Waals surface area contributed by atoms with Crippen molar-refractivity contribution in [2.24, 2.45) is 45.8 Å². The van der Waals surface area contributed by atoms with Gasteiger partial charge in [0.2, 0.25) is 0 Å². The summed E-state index contributed by atoms with van der Waals surface area (Å²) in [5.74, 6) is 0.0451. The normalized spacial score (nSPS) is 51.6. The van der Waals surface area contributed by atoms with E-state index >= 15 is 0 Å². The Labute approximate surface area is 180 Å². The molecule has 0 saturated heterocycles. The number of hydrogen-bond acceptors (Lipinski definition) is 4. The molecule has 0 aliphatic heterocycles. The molecule has 0 bridgehead atoms. The van der Waals surface area contributed by atoms with Gasteiger partial charge >= 0.3 is 5.97 Å². The molecule has 4 aliphatic carbocycles. The molecule has 4 aliphatic rings. The molecule has 4 fully saturated rings. The Bertz CT molecular complexity index is 720. The number of Topliss-reactive ketones (excluding diaryl/α,β-unsaturated/α-hetero) is 1. The van der Waals surface area contributed by atoms with Crippen LogP contribution in [0.25, 0.3) is 0 Å². The molecule has 170 valence electrons. The smallest absolute Gasteiger partial charge is 0.303 e. The molecule has 0 spiro atoms. The number of aliphatic carboxylic acids is 1. The average molecular weight is 421 g/mol. The SMILES string of the molecule is C[C@H](CCC(=O)O)[C@H]1CC[C@H]2[C@@H]3C(=O)[C@H](O)[C@@H]4C[C@H](O)CC[C@]4(C)[C@@]3(C)CC[C@]12C. The van der Waals surface area contributed by atoms with Gasteiger partial charge in [-0.05, 0) is 85.4 Å². The maximum atomic E-state index is 13.6. The number of carboxylic acid groups (broad SMARTS) is 1. The fourth-order valence-electron chi connectivity index (χ4n) is 8.87. The van der Waals surface area contributed by atoms with Gasteiger partial charge in [-0.1, -0.05) is 27.7 Å². The van der Waals surface area contributed by atoms with Crippen LogP contribution in [0.4, 0.5) is 0 Å². The third-order valence-corrected chi connectivity index (χ3v) is 10.9. The molecule has 0 aromatic carbocycles. The van der Waals surface area contributed by atoms with Gasteiger partial charge in [-0.2, -0.15) is 0 Å². The second-order valence-corrected chi connectivity index (χ2v) is 11.9. The molecule has 0 aromatic heterocycles. The molecule has 0 aromatic rings. The lowest BCUT2D eigenvalue weighted by Crippen LogP contribution is -2.67. The second kappa shape index (κ2) is 7.30. The third-order valence-electron chi connectivity index (χ3n) is 10.9. The number of fused-ring (bicyclic) bond motifs is 5. The lowest BCUT2D eigenvalue weighted by Gasteiger charge is -2.67. The minimum atomic E-state index is -0.964. The van der Waals surface area contributed by atoms with Gasteiger partial charge in [0, 0.05) is 18.3 Å². The largest absolute Gasteiger partial charge is 0.481 e. The molecule has 30 heavy (non-hydrogen) atoms. The molecule has 0 heterocycles. The van der Waals surface area contributed by atoms with Crippen LogP contribution in [0.3, 0.4) is 0 Å². The summed E-state index contributed by atoms with van der Waals surface area (Å²) in [4.78, 5) is 24.7. The van der Waals surface area contributed by atoms with Crippen LogP contribution in [0.5, 0.6) is 0 Å². The first-order valence-corrected chi connectivity index (χ1v) is 12.1. The minimum Gasteiger partial charge on any atom is -0.481 e. The zero-order chi connectivity index (χ0) is 22.1. The molecule has 0 unspecified atom stereocenters. The summed E-state index contributed by atoms with van der Waals surface area (Å²) in [7, 11) is 0. The predicted octanol–water partition coefficient (Wildman–Crippen LogP) is 4.05. The van der Waals surface area contributed by atoms with Gasteiger partial charge in [-0.25, -0.2) is 0 Å². The van der Waals surface area contributed by atoms with Gasteiger partial charge in [-0.3, -0.25) is 9.59 Å². The van der Waals surface area contributed by atoms with Crippen molar-refractivity contribution in [3.8, 4) is 0 Å². The van der Waals surface area contributed by atoms with Crippen LogP contribution >= 0.6 is 0 Å². The Kier molecular flexibility index (Phi) is 5.42. The lowest BCUT2D eigenvalue weighted by molar-refractivity contribution is -0.213. The number of ketones is 1. The highest BCUT2D eigenvalue weighted by molar-refractivity contribution is 5.88. The molecule has 5 heteroatoms. The fourth-order valence-corrected chi connectivity index (χ4v) is 8.87. The molecule has 4 rings (SSSR count). The Morgan fingerprint density at radius 2 is 1.73 bits per heavy atom. The van der Waals surface area contributed by atoms with Gasteiger partial charge < -0.3 is 15.3 Å². The van der Waals surface area contributed by atoms with E-state index in [1.165, 1.54) is 0 Å². The number of carbonyl (C=O) groups is 2. The van der Waals surface area contributed by atoms with Crippen molar-refractivity contribution >= 4 is 11.8 Å². The summed E-state index contributed by atoms with van der Waals surface area (Å²) in [5, 5.41) is 30.5. The molecule has 3 N–H and O–H groups in total. The van der Waals surface area contributed by atoms with Crippen LogP contribution in [0, 0.1) is 45.8 Å². The van der Waals surface area contributed by atoms with Crippen molar-refractivity contribution in [1.29, 1.82) is 0 Å². The van der Waals surface area contributed by atoms with Gasteiger partial charge in [0.05, 0.1) is 6.10 Å². The van der Waals surface area contributed by atoms with E-state index in [-0.39, 0.29) is 46.2 Å². The summed E-state index contributed by atoms with van der Waals surface area (Å²) >= 11 is 0. The Hall–Kier alpha value is -0.940. The Balaban J connectivity index is 1.66. The van der Waals surface area contributed by atoms with E-state index < -0.39 is 18.2 Å². The zero-order valence-electron chi connectivity index (χ0n) is 19.1. The molecule has 4 saturated carbocycles. The van der Waals surface area contributed by atoms with Crippen LogP contribution in [0.15, 0.2) is 0 Å². The third kappa shape index (κ3) is 2.94. The highest BCUT2D eigenvalue weighted by Crippen LogP contribution is 2.72. The number of rotatable bonds is 4.